The van der Waals surface area contributed by atoms with Crippen molar-refractivity contribution in [3.63, 3.8) is 0 Å². The average molecular weight is 270 g/mol. The van der Waals surface area contributed by atoms with Crippen LogP contribution >= 0.6 is 0 Å². The molecule has 0 aromatic heterocycles. The molecule has 6 heteroatoms. The highest BCUT2D eigenvalue weighted by Crippen LogP contribution is 2.29. The number of nitrogens with zero attached hydrogens (tertiary/aromatic N) is 1. The summed E-state index contributed by atoms with van der Waals surface area (Å²) in [4.78, 5) is 0. The first-order valence-corrected chi connectivity index (χ1v) is 5.79. The molecule has 104 valence electrons. The van der Waals surface area contributed by atoms with Crippen LogP contribution in [0.25, 0.3) is 0 Å². The van der Waals surface area contributed by atoms with Crippen LogP contribution in [0, 0.1) is 17.2 Å². The molecule has 0 radical (unpaired) electrons. The van der Waals surface area contributed by atoms with Crippen LogP contribution in [0.15, 0.2) is 18.2 Å². The fourth-order valence-corrected chi connectivity index (χ4v) is 1.50. The first-order chi connectivity index (χ1) is 9.06. The molecule has 4 nitrogen and oxygen atoms in total. The molecule has 0 amide bonds. The van der Waals surface area contributed by atoms with E-state index in [9.17, 15) is 8.78 Å². The maximum Gasteiger partial charge on any atom is 0.387 e. The van der Waals surface area contributed by atoms with Gasteiger partial charge >= 0.3 is 6.61 Å². The summed E-state index contributed by atoms with van der Waals surface area (Å²) < 4.78 is 33.8. The summed E-state index contributed by atoms with van der Waals surface area (Å²) in [6.45, 7) is -0.0917. The minimum atomic E-state index is -2.89. The van der Waals surface area contributed by atoms with E-state index in [1.807, 2.05) is 0 Å². The van der Waals surface area contributed by atoms with Crippen molar-refractivity contribution in [3.8, 4) is 17.6 Å². The van der Waals surface area contributed by atoms with E-state index in [0.717, 1.165) is 5.56 Å². The van der Waals surface area contributed by atoms with Crippen molar-refractivity contribution in [2.45, 2.75) is 20.1 Å². The minimum Gasteiger partial charge on any atom is -0.493 e. The highest BCUT2D eigenvalue weighted by molar-refractivity contribution is 5.42. The summed E-state index contributed by atoms with van der Waals surface area (Å²) in [5, 5.41) is 11.7. The number of halogens is 2. The normalized spacial score (nSPS) is 12.0. The smallest absolute Gasteiger partial charge is 0.387 e. The minimum absolute atomic E-state index is 0.00475. The summed E-state index contributed by atoms with van der Waals surface area (Å²) in [5.74, 6) is 0.162. The molecule has 1 aromatic rings. The molecule has 0 aliphatic carbocycles. The Bertz CT molecular complexity index is 447. The van der Waals surface area contributed by atoms with Gasteiger partial charge in [0, 0.05) is 13.1 Å². The van der Waals surface area contributed by atoms with Gasteiger partial charge in [-0.3, -0.25) is 0 Å². The molecule has 19 heavy (non-hydrogen) atoms. The van der Waals surface area contributed by atoms with Gasteiger partial charge < -0.3 is 14.8 Å². The molecule has 0 saturated carbocycles. The van der Waals surface area contributed by atoms with Crippen molar-refractivity contribution in [1.29, 1.82) is 5.26 Å². The summed E-state index contributed by atoms with van der Waals surface area (Å²) in [7, 11) is 1.39. The van der Waals surface area contributed by atoms with E-state index in [-0.39, 0.29) is 17.4 Å². The van der Waals surface area contributed by atoms with Crippen LogP contribution in [0.4, 0.5) is 8.78 Å². The second kappa shape index (κ2) is 7.54. The van der Waals surface area contributed by atoms with Crippen molar-refractivity contribution < 1.29 is 18.3 Å². The van der Waals surface area contributed by atoms with Gasteiger partial charge in [0.1, 0.15) is 0 Å². The summed E-state index contributed by atoms with van der Waals surface area (Å²) in [6, 6.07) is 6.92. The Kier molecular flexibility index (Phi) is 6.03. The molecule has 0 spiro atoms. The molecule has 1 unspecified atom stereocenters. The number of hydrogen-bond acceptors (Lipinski definition) is 4. The lowest BCUT2D eigenvalue weighted by Crippen LogP contribution is -2.19. The van der Waals surface area contributed by atoms with Gasteiger partial charge in [0.25, 0.3) is 0 Å². The molecule has 1 atom stereocenters. The lowest BCUT2D eigenvalue weighted by Gasteiger charge is -2.12. The van der Waals surface area contributed by atoms with Gasteiger partial charge in [-0.05, 0) is 24.6 Å². The van der Waals surface area contributed by atoms with Gasteiger partial charge in [-0.2, -0.15) is 14.0 Å². The van der Waals surface area contributed by atoms with Crippen LogP contribution in [0.2, 0.25) is 0 Å². The zero-order valence-electron chi connectivity index (χ0n) is 10.8. The predicted molar refractivity (Wildman–Crippen MR) is 66.1 cm³/mol. The second-order valence-corrected chi connectivity index (χ2v) is 4.02. The van der Waals surface area contributed by atoms with Gasteiger partial charge in [-0.1, -0.05) is 6.07 Å². The number of benzene rings is 1. The Labute approximate surface area is 110 Å². The number of hydrogen-bond donors (Lipinski definition) is 1. The molecule has 0 aliphatic rings. The van der Waals surface area contributed by atoms with E-state index in [4.69, 9.17) is 10.00 Å². The van der Waals surface area contributed by atoms with Crippen molar-refractivity contribution >= 4 is 0 Å². The average Bonchev–Trinajstić information content (AvgIpc) is 2.38. The molecule has 0 aliphatic heterocycles. The second-order valence-electron chi connectivity index (χ2n) is 4.02. The first kappa shape index (κ1) is 15.2. The lowest BCUT2D eigenvalue weighted by molar-refractivity contribution is -0.0512. The third-order valence-corrected chi connectivity index (χ3v) is 2.44. The van der Waals surface area contributed by atoms with E-state index in [1.165, 1.54) is 13.2 Å². The Morgan fingerprint density at radius 2 is 2.11 bits per heavy atom. The third-order valence-electron chi connectivity index (χ3n) is 2.44. The quantitative estimate of drug-likeness (QED) is 0.827. The van der Waals surface area contributed by atoms with Crippen LogP contribution in [0.5, 0.6) is 11.5 Å². The number of rotatable bonds is 7. The largest absolute Gasteiger partial charge is 0.493 e. The molecule has 1 N–H and O–H groups in total. The maximum absolute atomic E-state index is 12.2. The topological polar surface area (TPSA) is 54.3 Å². The van der Waals surface area contributed by atoms with Crippen LogP contribution in [0.1, 0.15) is 12.5 Å². The summed E-state index contributed by atoms with van der Waals surface area (Å²) in [5.41, 5.74) is 0.779. The van der Waals surface area contributed by atoms with Crippen molar-refractivity contribution in [3.05, 3.63) is 23.8 Å². The Balaban J connectivity index is 2.67. The Morgan fingerprint density at radius 1 is 1.37 bits per heavy atom. The number of ether oxygens (including phenoxy) is 2. The van der Waals surface area contributed by atoms with E-state index in [2.05, 4.69) is 16.1 Å². The van der Waals surface area contributed by atoms with Gasteiger partial charge in [0.15, 0.2) is 11.5 Å². The fraction of sp³-hybridized carbons (Fsp3) is 0.462. The van der Waals surface area contributed by atoms with Crippen LogP contribution in [-0.4, -0.2) is 20.3 Å². The predicted octanol–water partition coefficient (Wildman–Crippen LogP) is 2.55. The van der Waals surface area contributed by atoms with Crippen LogP contribution < -0.4 is 14.8 Å². The van der Waals surface area contributed by atoms with Gasteiger partial charge in [-0.25, -0.2) is 0 Å². The van der Waals surface area contributed by atoms with Crippen molar-refractivity contribution in [1.82, 2.24) is 5.32 Å². The van der Waals surface area contributed by atoms with Gasteiger partial charge in [0.2, 0.25) is 0 Å². The number of nitrogens with one attached hydrogen (secondary N) is 1. The van der Waals surface area contributed by atoms with Crippen LogP contribution in [0.3, 0.4) is 0 Å². The molecular weight excluding hydrogens is 254 g/mol. The summed E-state index contributed by atoms with van der Waals surface area (Å²) >= 11 is 0. The van der Waals surface area contributed by atoms with E-state index in [0.29, 0.717) is 13.1 Å². The molecule has 0 fully saturated rings. The van der Waals surface area contributed by atoms with Gasteiger partial charge in [0.05, 0.1) is 19.1 Å². The number of alkyl halides is 2. The first-order valence-electron chi connectivity index (χ1n) is 5.79. The van der Waals surface area contributed by atoms with Crippen molar-refractivity contribution in [2.24, 2.45) is 5.92 Å². The van der Waals surface area contributed by atoms with E-state index in [1.54, 1.807) is 19.1 Å². The SMILES string of the molecule is COc1ccc(CNCC(C)C#N)cc1OC(F)F. The number of methoxy groups -OCH3 is 1. The lowest BCUT2D eigenvalue weighted by atomic mass is 10.1. The Morgan fingerprint density at radius 3 is 2.68 bits per heavy atom. The molecule has 0 saturated heterocycles. The van der Waals surface area contributed by atoms with E-state index >= 15 is 0 Å². The number of nitriles is 1. The highest BCUT2D eigenvalue weighted by Gasteiger charge is 2.11. The Hall–Kier alpha value is -1.87. The maximum atomic E-state index is 12.2. The summed E-state index contributed by atoms with van der Waals surface area (Å²) in [6.07, 6.45) is 0. The van der Waals surface area contributed by atoms with E-state index < -0.39 is 6.61 Å². The standard InChI is InChI=1S/C13H16F2N2O2/c1-9(6-16)7-17-8-10-3-4-11(18-2)12(5-10)19-13(14)15/h3-5,9,13,17H,7-8H2,1-2H3. The molecular formula is C13H16F2N2O2. The molecule has 0 bridgehead atoms. The van der Waals surface area contributed by atoms with Gasteiger partial charge in [-0.15, -0.1) is 0 Å². The molecule has 1 rings (SSSR count). The van der Waals surface area contributed by atoms with Crippen LogP contribution in [-0.2, 0) is 6.54 Å². The zero-order chi connectivity index (χ0) is 14.3. The fourth-order valence-electron chi connectivity index (χ4n) is 1.50. The monoisotopic (exact) mass is 270 g/mol. The highest BCUT2D eigenvalue weighted by atomic mass is 19.3. The van der Waals surface area contributed by atoms with Crippen molar-refractivity contribution in [2.75, 3.05) is 13.7 Å². The third kappa shape index (κ3) is 5.10. The molecule has 0 heterocycles. The molecule has 1 aromatic carbocycles. The zero-order valence-corrected chi connectivity index (χ0v) is 10.8.